The number of hydrogen-bond donors (Lipinski definition) is 3. The van der Waals surface area contributed by atoms with Crippen LogP contribution >= 0.6 is 0 Å². The first-order chi connectivity index (χ1) is 9.24. The van der Waals surface area contributed by atoms with E-state index in [9.17, 15) is 0 Å². The van der Waals surface area contributed by atoms with Crippen molar-refractivity contribution >= 4 is 5.84 Å². The second-order valence-electron chi connectivity index (χ2n) is 4.88. The topological polar surface area (TPSA) is 79.9 Å². The van der Waals surface area contributed by atoms with Gasteiger partial charge in [-0.05, 0) is 30.5 Å². The van der Waals surface area contributed by atoms with Gasteiger partial charge >= 0.3 is 0 Å². The van der Waals surface area contributed by atoms with Crippen LogP contribution in [0.15, 0.2) is 23.4 Å². The molecule has 0 amide bonds. The minimum absolute atomic E-state index is 0.0690. The SMILES string of the molecule is COc1ccc(CNC2CCCC2)cc1C(N)=NO. The maximum Gasteiger partial charge on any atom is 0.173 e. The van der Waals surface area contributed by atoms with Crippen molar-refractivity contribution in [2.24, 2.45) is 10.9 Å². The molecule has 5 nitrogen and oxygen atoms in total. The molecule has 19 heavy (non-hydrogen) atoms. The van der Waals surface area contributed by atoms with E-state index in [0.29, 0.717) is 17.4 Å². The minimum atomic E-state index is 0.0690. The molecule has 2 rings (SSSR count). The zero-order valence-corrected chi connectivity index (χ0v) is 11.2. The van der Waals surface area contributed by atoms with Crippen LogP contribution in [0.4, 0.5) is 0 Å². The minimum Gasteiger partial charge on any atom is -0.496 e. The largest absolute Gasteiger partial charge is 0.496 e. The van der Waals surface area contributed by atoms with E-state index in [1.807, 2.05) is 18.2 Å². The molecule has 5 heteroatoms. The lowest BCUT2D eigenvalue weighted by molar-refractivity contribution is 0.318. The Morgan fingerprint density at radius 1 is 1.47 bits per heavy atom. The summed E-state index contributed by atoms with van der Waals surface area (Å²) >= 11 is 0. The lowest BCUT2D eigenvalue weighted by atomic mass is 10.1. The lowest BCUT2D eigenvalue weighted by Gasteiger charge is -2.13. The zero-order chi connectivity index (χ0) is 13.7. The molecule has 0 unspecified atom stereocenters. The number of methoxy groups -OCH3 is 1. The monoisotopic (exact) mass is 263 g/mol. The first-order valence-electron chi connectivity index (χ1n) is 6.62. The number of oxime groups is 1. The number of nitrogens with zero attached hydrogens (tertiary/aromatic N) is 1. The van der Waals surface area contributed by atoms with Crippen LogP contribution in [0.25, 0.3) is 0 Å². The zero-order valence-electron chi connectivity index (χ0n) is 11.2. The predicted molar refractivity (Wildman–Crippen MR) is 74.6 cm³/mol. The van der Waals surface area contributed by atoms with Gasteiger partial charge in [-0.15, -0.1) is 0 Å². The molecule has 0 radical (unpaired) electrons. The third-order valence-electron chi connectivity index (χ3n) is 3.60. The van der Waals surface area contributed by atoms with Crippen molar-refractivity contribution in [2.75, 3.05) is 7.11 Å². The van der Waals surface area contributed by atoms with Crippen LogP contribution in [-0.4, -0.2) is 24.2 Å². The molecule has 0 aliphatic heterocycles. The predicted octanol–water partition coefficient (Wildman–Crippen LogP) is 1.82. The maximum atomic E-state index is 8.79. The van der Waals surface area contributed by atoms with Crippen LogP contribution in [0.2, 0.25) is 0 Å². The molecule has 0 saturated heterocycles. The molecule has 1 aromatic carbocycles. The third-order valence-corrected chi connectivity index (χ3v) is 3.60. The van der Waals surface area contributed by atoms with Gasteiger partial charge < -0.3 is 21.0 Å². The molecule has 0 bridgehead atoms. The Balaban J connectivity index is 2.08. The number of amidine groups is 1. The standard InChI is InChI=1S/C14H21N3O2/c1-19-13-7-6-10(8-12(13)14(15)17-18)9-16-11-4-2-3-5-11/h6-8,11,16,18H,2-5,9H2,1H3,(H2,15,17). The first kappa shape index (κ1) is 13.7. The molecular weight excluding hydrogens is 242 g/mol. The highest BCUT2D eigenvalue weighted by atomic mass is 16.5. The van der Waals surface area contributed by atoms with Crippen molar-refractivity contribution in [2.45, 2.75) is 38.3 Å². The normalized spacial score (nSPS) is 16.8. The fraction of sp³-hybridized carbons (Fsp3) is 0.500. The van der Waals surface area contributed by atoms with E-state index < -0.39 is 0 Å². The highest BCUT2D eigenvalue weighted by Crippen LogP contribution is 2.21. The van der Waals surface area contributed by atoms with Gasteiger partial charge in [0.1, 0.15) is 5.75 Å². The fourth-order valence-electron chi connectivity index (χ4n) is 2.51. The van der Waals surface area contributed by atoms with Gasteiger partial charge in [-0.3, -0.25) is 0 Å². The molecule has 0 heterocycles. The first-order valence-corrected chi connectivity index (χ1v) is 6.62. The Labute approximate surface area is 113 Å². The molecule has 1 aliphatic carbocycles. The summed E-state index contributed by atoms with van der Waals surface area (Å²) in [6.45, 7) is 0.792. The van der Waals surface area contributed by atoms with Gasteiger partial charge in [0.25, 0.3) is 0 Å². The van der Waals surface area contributed by atoms with Crippen molar-refractivity contribution in [3.05, 3.63) is 29.3 Å². The number of benzene rings is 1. The second kappa shape index (κ2) is 6.43. The number of ether oxygens (including phenoxy) is 1. The van der Waals surface area contributed by atoms with Crippen molar-refractivity contribution < 1.29 is 9.94 Å². The van der Waals surface area contributed by atoms with E-state index in [1.165, 1.54) is 25.7 Å². The Kier molecular flexibility index (Phi) is 4.63. The summed E-state index contributed by atoms with van der Waals surface area (Å²) in [6.07, 6.45) is 5.14. The van der Waals surface area contributed by atoms with Crippen LogP contribution in [-0.2, 0) is 6.54 Å². The summed E-state index contributed by atoms with van der Waals surface area (Å²) in [6, 6.07) is 6.36. The molecule has 104 valence electrons. The van der Waals surface area contributed by atoms with Gasteiger partial charge in [0, 0.05) is 12.6 Å². The van der Waals surface area contributed by atoms with Crippen LogP contribution < -0.4 is 15.8 Å². The summed E-state index contributed by atoms with van der Waals surface area (Å²) < 4.78 is 5.21. The molecule has 1 aromatic rings. The van der Waals surface area contributed by atoms with E-state index in [0.717, 1.165) is 12.1 Å². The molecule has 1 fully saturated rings. The molecule has 0 spiro atoms. The third kappa shape index (κ3) is 3.38. The van der Waals surface area contributed by atoms with E-state index in [2.05, 4.69) is 10.5 Å². The average Bonchev–Trinajstić information content (AvgIpc) is 2.97. The molecule has 0 aromatic heterocycles. The summed E-state index contributed by atoms with van der Waals surface area (Å²) in [5.74, 6) is 0.680. The summed E-state index contributed by atoms with van der Waals surface area (Å²) in [5.41, 5.74) is 7.38. The smallest absolute Gasteiger partial charge is 0.173 e. The van der Waals surface area contributed by atoms with Gasteiger partial charge in [-0.25, -0.2) is 0 Å². The Morgan fingerprint density at radius 2 is 2.21 bits per heavy atom. The van der Waals surface area contributed by atoms with Crippen LogP contribution in [0.3, 0.4) is 0 Å². The maximum absolute atomic E-state index is 8.79. The number of hydrogen-bond acceptors (Lipinski definition) is 4. The van der Waals surface area contributed by atoms with Gasteiger partial charge in [0.15, 0.2) is 5.84 Å². The Bertz CT molecular complexity index is 454. The molecule has 1 aliphatic rings. The number of rotatable bonds is 5. The quantitative estimate of drug-likeness (QED) is 0.328. The highest BCUT2D eigenvalue weighted by Gasteiger charge is 2.14. The van der Waals surface area contributed by atoms with Crippen molar-refractivity contribution in [3.63, 3.8) is 0 Å². The van der Waals surface area contributed by atoms with E-state index >= 15 is 0 Å². The molecule has 0 atom stereocenters. The summed E-state index contributed by atoms with van der Waals surface area (Å²) in [7, 11) is 1.57. The highest BCUT2D eigenvalue weighted by molar-refractivity contribution is 5.99. The van der Waals surface area contributed by atoms with E-state index in [1.54, 1.807) is 7.11 Å². The van der Waals surface area contributed by atoms with E-state index in [4.69, 9.17) is 15.7 Å². The van der Waals surface area contributed by atoms with Crippen LogP contribution in [0, 0.1) is 0 Å². The number of nitrogens with two attached hydrogens (primary N) is 1. The van der Waals surface area contributed by atoms with Gasteiger partial charge in [-0.2, -0.15) is 0 Å². The molecule has 4 N–H and O–H groups in total. The van der Waals surface area contributed by atoms with Gasteiger partial charge in [-0.1, -0.05) is 24.1 Å². The second-order valence-corrected chi connectivity index (χ2v) is 4.88. The number of nitrogens with one attached hydrogen (secondary N) is 1. The Hall–Kier alpha value is -1.75. The summed E-state index contributed by atoms with van der Waals surface area (Å²) in [4.78, 5) is 0. The van der Waals surface area contributed by atoms with Crippen LogP contribution in [0.5, 0.6) is 5.75 Å². The van der Waals surface area contributed by atoms with Crippen molar-refractivity contribution in [1.29, 1.82) is 0 Å². The van der Waals surface area contributed by atoms with Crippen LogP contribution in [0.1, 0.15) is 36.8 Å². The van der Waals surface area contributed by atoms with E-state index in [-0.39, 0.29) is 5.84 Å². The summed E-state index contributed by atoms with van der Waals surface area (Å²) in [5, 5.41) is 15.4. The van der Waals surface area contributed by atoms with Crippen molar-refractivity contribution in [3.8, 4) is 5.75 Å². The molecule has 1 saturated carbocycles. The van der Waals surface area contributed by atoms with Crippen molar-refractivity contribution in [1.82, 2.24) is 5.32 Å². The lowest BCUT2D eigenvalue weighted by Crippen LogP contribution is -2.25. The Morgan fingerprint density at radius 3 is 2.84 bits per heavy atom. The average molecular weight is 263 g/mol. The fourth-order valence-corrected chi connectivity index (χ4v) is 2.51. The van der Waals surface area contributed by atoms with Gasteiger partial charge in [0.05, 0.1) is 12.7 Å². The molecular formula is C14H21N3O2. The van der Waals surface area contributed by atoms with Gasteiger partial charge in [0.2, 0.25) is 0 Å².